The van der Waals surface area contributed by atoms with Gasteiger partial charge in [0.05, 0.1) is 19.1 Å². The van der Waals surface area contributed by atoms with Gasteiger partial charge in [-0.25, -0.2) is 31.5 Å². The summed E-state index contributed by atoms with van der Waals surface area (Å²) in [6.45, 7) is 1.71. The summed E-state index contributed by atoms with van der Waals surface area (Å²) in [5.74, 6) is 0.486. The van der Waals surface area contributed by atoms with Crippen LogP contribution in [0.15, 0.2) is 64.5 Å². The van der Waals surface area contributed by atoms with E-state index < -0.39 is 20.0 Å². The number of nitrogens with one attached hydrogen (secondary N) is 2. The number of rotatable bonds is 8. The lowest BCUT2D eigenvalue weighted by Crippen LogP contribution is -2.16. The van der Waals surface area contributed by atoms with E-state index in [0.717, 1.165) is 0 Å². The fraction of sp³-hybridized carbons (Fsp3) is 0.158. The lowest BCUT2D eigenvalue weighted by atomic mass is 10.3. The van der Waals surface area contributed by atoms with Crippen LogP contribution in [-0.4, -0.2) is 41.0 Å². The standard InChI is InChI=1S/C19H20N4O6S2/c1-13-10-11-20-19(21-13)23-30(24,25)16-7-4-14(5-8-16)22-31(26,27)18-9-6-15(28-2)12-17(18)29-3/h4-12,22H,1-3H3,(H,20,21,23). The Kier molecular flexibility index (Phi) is 6.32. The lowest BCUT2D eigenvalue weighted by molar-refractivity contribution is 0.386. The number of benzene rings is 2. The predicted molar refractivity (Wildman–Crippen MR) is 114 cm³/mol. The number of hydrogen-bond acceptors (Lipinski definition) is 8. The van der Waals surface area contributed by atoms with Crippen LogP contribution in [0.3, 0.4) is 0 Å². The van der Waals surface area contributed by atoms with Gasteiger partial charge in [-0.05, 0) is 49.4 Å². The molecule has 0 unspecified atom stereocenters. The molecule has 31 heavy (non-hydrogen) atoms. The van der Waals surface area contributed by atoms with Gasteiger partial charge in [-0.2, -0.15) is 0 Å². The van der Waals surface area contributed by atoms with Gasteiger partial charge in [0, 0.05) is 23.6 Å². The zero-order valence-corrected chi connectivity index (χ0v) is 18.5. The van der Waals surface area contributed by atoms with E-state index in [-0.39, 0.29) is 27.2 Å². The molecule has 0 saturated carbocycles. The average molecular weight is 465 g/mol. The van der Waals surface area contributed by atoms with Gasteiger partial charge < -0.3 is 9.47 Å². The van der Waals surface area contributed by atoms with Crippen LogP contribution in [0.25, 0.3) is 0 Å². The first-order valence-electron chi connectivity index (χ1n) is 8.82. The fourth-order valence-electron chi connectivity index (χ4n) is 2.59. The molecule has 0 radical (unpaired) electrons. The van der Waals surface area contributed by atoms with Gasteiger partial charge in [-0.3, -0.25) is 4.72 Å². The molecule has 0 spiro atoms. The Labute approximate surface area is 180 Å². The van der Waals surface area contributed by atoms with E-state index in [4.69, 9.17) is 9.47 Å². The minimum Gasteiger partial charge on any atom is -0.497 e. The smallest absolute Gasteiger partial charge is 0.265 e. The highest BCUT2D eigenvalue weighted by atomic mass is 32.2. The molecule has 0 aliphatic carbocycles. The minimum atomic E-state index is -4.00. The van der Waals surface area contributed by atoms with Crippen molar-refractivity contribution in [3.05, 3.63) is 60.4 Å². The fourth-order valence-corrected chi connectivity index (χ4v) is 4.75. The highest BCUT2D eigenvalue weighted by Crippen LogP contribution is 2.30. The van der Waals surface area contributed by atoms with Crippen molar-refractivity contribution in [2.45, 2.75) is 16.7 Å². The molecule has 3 aromatic rings. The minimum absolute atomic E-state index is 0.0589. The molecule has 0 amide bonds. The van der Waals surface area contributed by atoms with Gasteiger partial charge in [-0.1, -0.05) is 0 Å². The molecule has 0 saturated heterocycles. The Morgan fingerprint density at radius 3 is 2.16 bits per heavy atom. The second-order valence-corrected chi connectivity index (χ2v) is 9.61. The highest BCUT2D eigenvalue weighted by molar-refractivity contribution is 7.93. The molecular formula is C19H20N4O6S2. The Balaban J connectivity index is 1.81. The van der Waals surface area contributed by atoms with E-state index in [2.05, 4.69) is 19.4 Å². The quantitative estimate of drug-likeness (QED) is 0.519. The summed E-state index contributed by atoms with van der Waals surface area (Å²) in [6.07, 6.45) is 1.44. The number of anilines is 2. The van der Waals surface area contributed by atoms with Crippen molar-refractivity contribution in [2.75, 3.05) is 23.7 Å². The van der Waals surface area contributed by atoms with Crippen LogP contribution >= 0.6 is 0 Å². The predicted octanol–water partition coefficient (Wildman–Crippen LogP) is 2.40. The molecule has 1 heterocycles. The molecule has 2 aromatic carbocycles. The number of hydrogen-bond donors (Lipinski definition) is 2. The van der Waals surface area contributed by atoms with Gasteiger partial charge in [0.25, 0.3) is 20.0 Å². The van der Waals surface area contributed by atoms with Crippen LogP contribution in [-0.2, 0) is 20.0 Å². The Morgan fingerprint density at radius 1 is 0.839 bits per heavy atom. The molecule has 10 nitrogen and oxygen atoms in total. The van der Waals surface area contributed by atoms with Gasteiger partial charge >= 0.3 is 0 Å². The first-order valence-corrected chi connectivity index (χ1v) is 11.8. The summed E-state index contributed by atoms with van der Waals surface area (Å²) < 4.78 is 65.4. The Bertz CT molecular complexity index is 1290. The van der Waals surface area contributed by atoms with Crippen molar-refractivity contribution >= 4 is 31.7 Å². The molecular weight excluding hydrogens is 444 g/mol. The zero-order chi connectivity index (χ0) is 22.6. The molecule has 2 N–H and O–H groups in total. The van der Waals surface area contributed by atoms with Crippen molar-refractivity contribution in [1.29, 1.82) is 0 Å². The normalized spacial score (nSPS) is 11.6. The van der Waals surface area contributed by atoms with Crippen LogP contribution in [0.4, 0.5) is 11.6 Å². The van der Waals surface area contributed by atoms with Crippen molar-refractivity contribution in [3.8, 4) is 11.5 Å². The number of methoxy groups -OCH3 is 2. The van der Waals surface area contributed by atoms with Crippen molar-refractivity contribution < 1.29 is 26.3 Å². The van der Waals surface area contributed by atoms with Crippen LogP contribution < -0.4 is 18.9 Å². The summed E-state index contributed by atoms with van der Waals surface area (Å²) in [5.41, 5.74) is 0.773. The molecule has 0 bridgehead atoms. The van der Waals surface area contributed by atoms with Gasteiger partial charge in [0.15, 0.2) is 0 Å². The van der Waals surface area contributed by atoms with Gasteiger partial charge in [-0.15, -0.1) is 0 Å². The van der Waals surface area contributed by atoms with Crippen LogP contribution in [0.1, 0.15) is 5.69 Å². The molecule has 0 atom stereocenters. The molecule has 3 rings (SSSR count). The molecule has 1 aromatic heterocycles. The van der Waals surface area contributed by atoms with Crippen molar-refractivity contribution in [2.24, 2.45) is 0 Å². The third-order valence-corrected chi connectivity index (χ3v) is 6.86. The number of nitrogens with zero attached hydrogens (tertiary/aromatic N) is 2. The van der Waals surface area contributed by atoms with E-state index in [1.165, 1.54) is 62.9 Å². The van der Waals surface area contributed by atoms with E-state index in [1.807, 2.05) is 0 Å². The Hall–Kier alpha value is -3.38. The molecule has 0 aliphatic rings. The number of sulfonamides is 2. The van der Waals surface area contributed by atoms with Gasteiger partial charge in [0.2, 0.25) is 5.95 Å². The van der Waals surface area contributed by atoms with Crippen LogP contribution in [0.2, 0.25) is 0 Å². The summed E-state index contributed by atoms with van der Waals surface area (Å²) in [5, 5.41) is 0. The Morgan fingerprint density at radius 2 is 1.55 bits per heavy atom. The van der Waals surface area contributed by atoms with E-state index in [9.17, 15) is 16.8 Å². The van der Waals surface area contributed by atoms with E-state index in [1.54, 1.807) is 13.0 Å². The first-order chi connectivity index (χ1) is 14.6. The maximum Gasteiger partial charge on any atom is 0.265 e. The summed E-state index contributed by atoms with van der Waals surface area (Å²) in [7, 11) is -5.14. The van der Waals surface area contributed by atoms with Crippen molar-refractivity contribution in [1.82, 2.24) is 9.97 Å². The molecule has 0 aliphatic heterocycles. The second-order valence-electron chi connectivity index (χ2n) is 6.27. The first kappa shape index (κ1) is 22.3. The second kappa shape index (κ2) is 8.78. The molecule has 0 fully saturated rings. The monoisotopic (exact) mass is 464 g/mol. The summed E-state index contributed by atoms with van der Waals surface area (Å²) in [4.78, 5) is 7.69. The summed E-state index contributed by atoms with van der Waals surface area (Å²) >= 11 is 0. The lowest BCUT2D eigenvalue weighted by Gasteiger charge is -2.13. The zero-order valence-electron chi connectivity index (χ0n) is 16.9. The summed E-state index contributed by atoms with van der Waals surface area (Å²) in [6, 6.07) is 11.1. The number of ether oxygens (including phenoxy) is 2. The van der Waals surface area contributed by atoms with E-state index in [0.29, 0.717) is 11.4 Å². The largest absolute Gasteiger partial charge is 0.497 e. The molecule has 164 valence electrons. The topological polar surface area (TPSA) is 137 Å². The van der Waals surface area contributed by atoms with Crippen LogP contribution in [0, 0.1) is 6.92 Å². The maximum absolute atomic E-state index is 12.8. The van der Waals surface area contributed by atoms with E-state index >= 15 is 0 Å². The van der Waals surface area contributed by atoms with Crippen LogP contribution in [0.5, 0.6) is 11.5 Å². The number of aryl methyl sites for hydroxylation is 1. The maximum atomic E-state index is 12.8. The molecule has 12 heteroatoms. The van der Waals surface area contributed by atoms with Gasteiger partial charge in [0.1, 0.15) is 16.4 Å². The SMILES string of the molecule is COc1ccc(S(=O)(=O)Nc2ccc(S(=O)(=O)Nc3nccc(C)n3)cc2)c(OC)c1. The third-order valence-electron chi connectivity index (χ3n) is 4.10. The number of aromatic nitrogens is 2. The highest BCUT2D eigenvalue weighted by Gasteiger charge is 2.21. The average Bonchev–Trinajstić information content (AvgIpc) is 2.73. The third kappa shape index (κ3) is 5.22. The van der Waals surface area contributed by atoms with Crippen molar-refractivity contribution in [3.63, 3.8) is 0 Å².